The quantitative estimate of drug-likeness (QED) is 0.585. The lowest BCUT2D eigenvalue weighted by atomic mass is 10.1. The van der Waals surface area contributed by atoms with Gasteiger partial charge in [-0.15, -0.1) is 0 Å². The number of nitro benzene ring substituents is 1. The molecule has 104 valence electrons. The van der Waals surface area contributed by atoms with Gasteiger partial charge in [-0.25, -0.2) is 0 Å². The first-order chi connectivity index (χ1) is 10.1. The Morgan fingerprint density at radius 3 is 2.52 bits per heavy atom. The lowest BCUT2D eigenvalue weighted by Gasteiger charge is -2.09. The van der Waals surface area contributed by atoms with Crippen molar-refractivity contribution in [1.82, 2.24) is 4.98 Å². The lowest BCUT2D eigenvalue weighted by molar-refractivity contribution is -0.383. The number of rotatable bonds is 3. The lowest BCUT2D eigenvalue weighted by Crippen LogP contribution is -1.92. The van der Waals surface area contributed by atoms with Gasteiger partial charge in [-0.3, -0.25) is 15.1 Å². The highest BCUT2D eigenvalue weighted by molar-refractivity contribution is 5.94. The van der Waals surface area contributed by atoms with Crippen molar-refractivity contribution in [2.75, 3.05) is 0 Å². The van der Waals surface area contributed by atoms with Crippen molar-refractivity contribution in [3.05, 3.63) is 65.0 Å². The van der Waals surface area contributed by atoms with Gasteiger partial charge in [0.2, 0.25) is 0 Å². The molecule has 1 aromatic heterocycles. The van der Waals surface area contributed by atoms with Crippen molar-refractivity contribution in [2.24, 2.45) is 0 Å². The van der Waals surface area contributed by atoms with E-state index in [0.29, 0.717) is 22.3 Å². The minimum atomic E-state index is -0.450. The second kappa shape index (κ2) is 5.09. The molecule has 6 heteroatoms. The molecule has 3 rings (SSSR count). The molecule has 0 amide bonds. The zero-order valence-corrected chi connectivity index (χ0v) is 10.8. The van der Waals surface area contributed by atoms with Crippen molar-refractivity contribution >= 4 is 16.5 Å². The monoisotopic (exact) mass is 282 g/mol. The van der Waals surface area contributed by atoms with E-state index in [2.05, 4.69) is 4.98 Å². The Bertz CT molecular complexity index is 816. The van der Waals surface area contributed by atoms with Crippen LogP contribution in [0.25, 0.3) is 10.8 Å². The average molecular weight is 282 g/mol. The number of nitro groups is 1. The molecule has 3 aromatic rings. The van der Waals surface area contributed by atoms with E-state index in [1.807, 2.05) is 0 Å². The van der Waals surface area contributed by atoms with Crippen molar-refractivity contribution in [3.8, 4) is 17.2 Å². The molecular formula is C15H10N2O4. The molecule has 0 radical (unpaired) electrons. The fourth-order valence-electron chi connectivity index (χ4n) is 2.04. The molecule has 2 aromatic carbocycles. The molecule has 0 atom stereocenters. The Hall–Kier alpha value is -3.15. The van der Waals surface area contributed by atoms with Gasteiger partial charge in [0.15, 0.2) is 0 Å². The largest absolute Gasteiger partial charge is 0.508 e. The predicted molar refractivity (Wildman–Crippen MR) is 76.6 cm³/mol. The van der Waals surface area contributed by atoms with E-state index in [0.717, 1.165) is 0 Å². The van der Waals surface area contributed by atoms with Crippen LogP contribution in [-0.4, -0.2) is 15.0 Å². The van der Waals surface area contributed by atoms with Crippen molar-refractivity contribution in [3.63, 3.8) is 0 Å². The normalized spacial score (nSPS) is 10.5. The smallest absolute Gasteiger partial charge is 0.279 e. The molecule has 21 heavy (non-hydrogen) atoms. The summed E-state index contributed by atoms with van der Waals surface area (Å²) in [6.45, 7) is 0. The summed E-state index contributed by atoms with van der Waals surface area (Å²) >= 11 is 0. The first kappa shape index (κ1) is 12.9. The number of hydrogen-bond donors (Lipinski definition) is 1. The molecule has 0 unspecified atom stereocenters. The molecule has 0 spiro atoms. The highest BCUT2D eigenvalue weighted by Gasteiger charge is 2.15. The number of benzene rings is 2. The van der Waals surface area contributed by atoms with Gasteiger partial charge in [0, 0.05) is 23.8 Å². The zero-order chi connectivity index (χ0) is 14.8. The summed E-state index contributed by atoms with van der Waals surface area (Å²) < 4.78 is 5.72. The number of ether oxygens (including phenoxy) is 1. The second-order valence-corrected chi connectivity index (χ2v) is 4.36. The summed E-state index contributed by atoms with van der Waals surface area (Å²) in [4.78, 5) is 14.5. The number of phenols is 1. The number of pyridine rings is 1. The maximum Gasteiger partial charge on any atom is 0.279 e. The average Bonchev–Trinajstić information content (AvgIpc) is 2.49. The van der Waals surface area contributed by atoms with Crippen LogP contribution < -0.4 is 4.74 Å². The van der Waals surface area contributed by atoms with E-state index >= 15 is 0 Å². The Labute approximate surface area is 119 Å². The molecule has 0 saturated carbocycles. The van der Waals surface area contributed by atoms with E-state index in [4.69, 9.17) is 4.74 Å². The number of hydrogen-bond acceptors (Lipinski definition) is 5. The van der Waals surface area contributed by atoms with Gasteiger partial charge in [-0.1, -0.05) is 0 Å². The van der Waals surface area contributed by atoms with Crippen LogP contribution in [0.1, 0.15) is 0 Å². The van der Waals surface area contributed by atoms with E-state index in [1.54, 1.807) is 30.5 Å². The highest BCUT2D eigenvalue weighted by Crippen LogP contribution is 2.34. The number of aromatic hydroxyl groups is 1. The maximum atomic E-state index is 11.0. The van der Waals surface area contributed by atoms with E-state index in [1.165, 1.54) is 24.4 Å². The topological polar surface area (TPSA) is 85.5 Å². The molecule has 0 fully saturated rings. The fourth-order valence-corrected chi connectivity index (χ4v) is 2.04. The van der Waals surface area contributed by atoms with Gasteiger partial charge >= 0.3 is 0 Å². The number of fused-ring (bicyclic) bond motifs is 1. The van der Waals surface area contributed by atoms with Crippen LogP contribution in [0.2, 0.25) is 0 Å². The van der Waals surface area contributed by atoms with E-state index < -0.39 is 4.92 Å². The third-order valence-electron chi connectivity index (χ3n) is 3.02. The van der Waals surface area contributed by atoms with Crippen LogP contribution >= 0.6 is 0 Å². The number of phenolic OH excluding ortho intramolecular Hbond substituents is 1. The molecule has 0 saturated heterocycles. The van der Waals surface area contributed by atoms with E-state index in [9.17, 15) is 15.2 Å². The minimum absolute atomic E-state index is 0.0174. The first-order valence-electron chi connectivity index (χ1n) is 6.13. The Kier molecular flexibility index (Phi) is 3.12. The number of nitrogens with zero attached hydrogens (tertiary/aromatic N) is 2. The van der Waals surface area contributed by atoms with Crippen LogP contribution in [0.5, 0.6) is 17.2 Å². The fraction of sp³-hybridized carbons (Fsp3) is 0. The third-order valence-corrected chi connectivity index (χ3v) is 3.02. The summed E-state index contributed by atoms with van der Waals surface area (Å²) in [7, 11) is 0. The first-order valence-corrected chi connectivity index (χ1v) is 6.13. The summed E-state index contributed by atoms with van der Waals surface area (Å²) in [5, 5.41) is 21.3. The molecule has 1 heterocycles. The highest BCUT2D eigenvalue weighted by atomic mass is 16.6. The maximum absolute atomic E-state index is 11.0. The second-order valence-electron chi connectivity index (χ2n) is 4.36. The van der Waals surface area contributed by atoms with Crippen molar-refractivity contribution in [2.45, 2.75) is 0 Å². The van der Waals surface area contributed by atoms with Gasteiger partial charge in [0.05, 0.1) is 10.3 Å². The minimum Gasteiger partial charge on any atom is -0.508 e. The van der Waals surface area contributed by atoms with Crippen LogP contribution in [0.3, 0.4) is 0 Å². The zero-order valence-electron chi connectivity index (χ0n) is 10.8. The van der Waals surface area contributed by atoms with Crippen molar-refractivity contribution in [1.29, 1.82) is 0 Å². The Balaban J connectivity index is 2.09. The predicted octanol–water partition coefficient (Wildman–Crippen LogP) is 3.64. The van der Waals surface area contributed by atoms with E-state index in [-0.39, 0.29) is 11.4 Å². The molecule has 6 nitrogen and oxygen atoms in total. The molecule has 1 N–H and O–H groups in total. The van der Waals surface area contributed by atoms with Crippen LogP contribution in [-0.2, 0) is 0 Å². The van der Waals surface area contributed by atoms with Crippen LogP contribution in [0, 0.1) is 10.1 Å². The Morgan fingerprint density at radius 2 is 1.81 bits per heavy atom. The summed E-state index contributed by atoms with van der Waals surface area (Å²) in [5.74, 6) is 1.16. The molecule has 0 aliphatic heterocycles. The van der Waals surface area contributed by atoms with Crippen molar-refractivity contribution < 1.29 is 14.8 Å². The van der Waals surface area contributed by atoms with Crippen LogP contribution in [0.4, 0.5) is 5.69 Å². The third kappa shape index (κ3) is 2.46. The SMILES string of the molecule is O=[N+]([O-])c1ccc(Oc2ccc(O)cc2)c2ccncc12. The van der Waals surface area contributed by atoms with Gasteiger partial charge in [-0.05, 0) is 36.4 Å². The molecule has 0 aliphatic rings. The summed E-state index contributed by atoms with van der Waals surface area (Å²) in [5.41, 5.74) is -0.0174. The molecule has 0 aliphatic carbocycles. The Morgan fingerprint density at radius 1 is 1.05 bits per heavy atom. The van der Waals surface area contributed by atoms with Gasteiger partial charge in [-0.2, -0.15) is 0 Å². The number of aromatic nitrogens is 1. The summed E-state index contributed by atoms with van der Waals surface area (Å²) in [6.07, 6.45) is 2.99. The van der Waals surface area contributed by atoms with Gasteiger partial charge < -0.3 is 9.84 Å². The summed E-state index contributed by atoms with van der Waals surface area (Å²) in [6, 6.07) is 10.8. The van der Waals surface area contributed by atoms with Gasteiger partial charge in [0.1, 0.15) is 17.2 Å². The number of non-ortho nitro benzene ring substituents is 1. The molecular weight excluding hydrogens is 272 g/mol. The standard InChI is InChI=1S/C15H10N2O4/c18-10-1-3-11(4-2-10)21-15-6-5-14(17(19)20)13-9-16-8-7-12(13)15/h1-9,18H. The van der Waals surface area contributed by atoms with Crippen LogP contribution in [0.15, 0.2) is 54.9 Å². The molecule has 0 bridgehead atoms. The van der Waals surface area contributed by atoms with Gasteiger partial charge in [0.25, 0.3) is 5.69 Å².